The quantitative estimate of drug-likeness (QED) is 0.746. The smallest absolute Gasteiger partial charge is 0.275 e. The predicted molar refractivity (Wildman–Crippen MR) is 103 cm³/mol. The van der Waals surface area contributed by atoms with Gasteiger partial charge in [-0.2, -0.15) is 4.31 Å². The van der Waals surface area contributed by atoms with Gasteiger partial charge in [-0.25, -0.2) is 8.42 Å². The van der Waals surface area contributed by atoms with Crippen LogP contribution in [0.3, 0.4) is 0 Å². The summed E-state index contributed by atoms with van der Waals surface area (Å²) in [5.74, 6) is 0.431. The molecule has 1 saturated heterocycles. The molecule has 0 aromatic heterocycles. The van der Waals surface area contributed by atoms with Gasteiger partial charge in [-0.1, -0.05) is 31.5 Å². The van der Waals surface area contributed by atoms with Crippen LogP contribution in [0.15, 0.2) is 23.1 Å². The Hall–Kier alpha value is -1.44. The summed E-state index contributed by atoms with van der Waals surface area (Å²) >= 11 is 0. The van der Waals surface area contributed by atoms with Gasteiger partial charge in [0.1, 0.15) is 0 Å². The topological polar surface area (TPSA) is 70.9 Å². The summed E-state index contributed by atoms with van der Waals surface area (Å²) in [6, 6.07) is 5.57. The number of benzene rings is 1. The molecule has 1 aromatic carbocycles. The Kier molecular flexibility index (Phi) is 6.82. The van der Waals surface area contributed by atoms with E-state index in [-0.39, 0.29) is 11.9 Å². The number of sulfonamides is 1. The van der Waals surface area contributed by atoms with E-state index in [1.54, 1.807) is 10.4 Å². The Labute approximate surface area is 157 Å². The third kappa shape index (κ3) is 5.05. The first kappa shape index (κ1) is 20.9. The highest BCUT2D eigenvalue weighted by Crippen LogP contribution is 2.20. The van der Waals surface area contributed by atoms with Gasteiger partial charge in [-0.15, -0.1) is 0 Å². The van der Waals surface area contributed by atoms with Crippen LogP contribution in [-0.4, -0.2) is 57.4 Å². The van der Waals surface area contributed by atoms with Crippen LogP contribution in [0.25, 0.3) is 0 Å². The van der Waals surface area contributed by atoms with Gasteiger partial charge < -0.3 is 10.2 Å². The summed E-state index contributed by atoms with van der Waals surface area (Å²) in [6.07, 6.45) is 0. The SMILES string of the molecule is Cc1ccc(S(=O)(=O)N2CC[NH+](CC(=O)N[C@@H](C)C(C)C)CC2)c(C)c1. The largest absolute Gasteiger partial charge is 0.348 e. The Balaban J connectivity index is 1.94. The molecule has 1 aromatic rings. The molecule has 0 unspecified atom stereocenters. The minimum Gasteiger partial charge on any atom is -0.348 e. The summed E-state index contributed by atoms with van der Waals surface area (Å²) in [4.78, 5) is 13.7. The molecule has 0 saturated carbocycles. The molecule has 7 heteroatoms. The lowest BCUT2D eigenvalue weighted by molar-refractivity contribution is -0.895. The van der Waals surface area contributed by atoms with Crippen molar-refractivity contribution >= 4 is 15.9 Å². The maximum absolute atomic E-state index is 12.9. The summed E-state index contributed by atoms with van der Waals surface area (Å²) in [5, 5.41) is 3.02. The van der Waals surface area contributed by atoms with Crippen LogP contribution in [0, 0.1) is 19.8 Å². The fourth-order valence-electron chi connectivity index (χ4n) is 3.15. The molecule has 6 nitrogen and oxygen atoms in total. The fraction of sp³-hybridized carbons (Fsp3) is 0.632. The molecule has 2 N–H and O–H groups in total. The first-order valence-corrected chi connectivity index (χ1v) is 10.8. The van der Waals surface area contributed by atoms with Gasteiger partial charge in [-0.3, -0.25) is 4.79 Å². The van der Waals surface area contributed by atoms with Crippen molar-refractivity contribution < 1.29 is 18.1 Å². The first-order chi connectivity index (χ1) is 12.1. The molecule has 1 heterocycles. The van der Waals surface area contributed by atoms with Crippen molar-refractivity contribution in [3.63, 3.8) is 0 Å². The number of quaternary nitrogens is 1. The third-order valence-corrected chi connectivity index (χ3v) is 7.24. The molecule has 0 bridgehead atoms. The van der Waals surface area contributed by atoms with Crippen LogP contribution in [0.5, 0.6) is 0 Å². The molecule has 26 heavy (non-hydrogen) atoms. The van der Waals surface area contributed by atoms with E-state index in [0.29, 0.717) is 43.5 Å². The lowest BCUT2D eigenvalue weighted by Gasteiger charge is -2.31. The van der Waals surface area contributed by atoms with E-state index < -0.39 is 10.0 Å². The minimum absolute atomic E-state index is 0.0342. The fourth-order valence-corrected chi connectivity index (χ4v) is 4.79. The monoisotopic (exact) mass is 382 g/mol. The van der Waals surface area contributed by atoms with Crippen molar-refractivity contribution in [2.75, 3.05) is 32.7 Å². The van der Waals surface area contributed by atoms with E-state index in [4.69, 9.17) is 0 Å². The number of amides is 1. The second-order valence-corrected chi connectivity index (χ2v) is 9.61. The van der Waals surface area contributed by atoms with Crippen molar-refractivity contribution in [3.05, 3.63) is 29.3 Å². The van der Waals surface area contributed by atoms with E-state index in [1.807, 2.05) is 32.9 Å². The average Bonchev–Trinajstić information content (AvgIpc) is 2.54. The van der Waals surface area contributed by atoms with E-state index in [2.05, 4.69) is 19.2 Å². The molecular formula is C19H32N3O3S+. The van der Waals surface area contributed by atoms with Crippen molar-refractivity contribution in [3.8, 4) is 0 Å². The molecule has 1 aliphatic rings. The Morgan fingerprint density at radius 3 is 2.35 bits per heavy atom. The average molecular weight is 383 g/mol. The predicted octanol–water partition coefficient (Wildman–Crippen LogP) is 0.353. The molecular weight excluding hydrogens is 350 g/mol. The molecule has 1 atom stereocenters. The maximum atomic E-state index is 12.9. The number of nitrogens with zero attached hydrogens (tertiary/aromatic N) is 1. The second-order valence-electron chi connectivity index (χ2n) is 7.70. The van der Waals surface area contributed by atoms with Gasteiger partial charge in [0, 0.05) is 6.04 Å². The van der Waals surface area contributed by atoms with Crippen LogP contribution in [0.4, 0.5) is 0 Å². The van der Waals surface area contributed by atoms with E-state index in [9.17, 15) is 13.2 Å². The number of piperazine rings is 1. The minimum atomic E-state index is -3.47. The van der Waals surface area contributed by atoms with Crippen LogP contribution < -0.4 is 10.2 Å². The number of hydrogen-bond donors (Lipinski definition) is 2. The van der Waals surface area contributed by atoms with Crippen LogP contribution in [0.1, 0.15) is 31.9 Å². The summed E-state index contributed by atoms with van der Waals surface area (Å²) in [6.45, 7) is 12.5. The Bertz CT molecular complexity index is 738. The van der Waals surface area contributed by atoms with E-state index >= 15 is 0 Å². The van der Waals surface area contributed by atoms with Crippen LogP contribution in [0.2, 0.25) is 0 Å². The zero-order chi connectivity index (χ0) is 19.5. The number of hydrogen-bond acceptors (Lipinski definition) is 3. The number of carbonyl (C=O) groups excluding carboxylic acids is 1. The zero-order valence-electron chi connectivity index (χ0n) is 16.5. The molecule has 2 rings (SSSR count). The van der Waals surface area contributed by atoms with Gasteiger partial charge in [0.15, 0.2) is 6.54 Å². The first-order valence-electron chi connectivity index (χ1n) is 9.31. The third-order valence-electron chi connectivity index (χ3n) is 5.18. The summed E-state index contributed by atoms with van der Waals surface area (Å²) in [5.41, 5.74) is 1.83. The molecule has 0 aliphatic carbocycles. The second kappa shape index (κ2) is 8.50. The van der Waals surface area contributed by atoms with Crippen molar-refractivity contribution in [2.45, 2.75) is 45.6 Å². The highest BCUT2D eigenvalue weighted by Gasteiger charge is 2.32. The molecule has 0 spiro atoms. The molecule has 1 fully saturated rings. The highest BCUT2D eigenvalue weighted by atomic mass is 32.2. The van der Waals surface area contributed by atoms with Crippen LogP contribution >= 0.6 is 0 Å². The summed E-state index contributed by atoms with van der Waals surface area (Å²) in [7, 11) is -3.47. The number of nitrogens with one attached hydrogen (secondary N) is 2. The molecule has 1 aliphatic heterocycles. The molecule has 0 radical (unpaired) electrons. The van der Waals surface area contributed by atoms with Gasteiger partial charge >= 0.3 is 0 Å². The van der Waals surface area contributed by atoms with Crippen molar-refractivity contribution in [2.24, 2.45) is 5.92 Å². The van der Waals surface area contributed by atoms with E-state index in [0.717, 1.165) is 16.0 Å². The lowest BCUT2D eigenvalue weighted by atomic mass is 10.1. The van der Waals surface area contributed by atoms with Gasteiger partial charge in [0.25, 0.3) is 5.91 Å². The summed E-state index contributed by atoms with van der Waals surface area (Å²) < 4.78 is 27.4. The number of rotatable bonds is 6. The highest BCUT2D eigenvalue weighted by molar-refractivity contribution is 7.89. The number of carbonyl (C=O) groups is 1. The van der Waals surface area contributed by atoms with Crippen molar-refractivity contribution in [1.29, 1.82) is 0 Å². The Morgan fingerprint density at radius 1 is 1.19 bits per heavy atom. The van der Waals surface area contributed by atoms with Gasteiger partial charge in [0.05, 0.1) is 31.1 Å². The number of aryl methyl sites for hydroxylation is 2. The standard InChI is InChI=1S/C19H31N3O3S/c1-14(2)17(5)20-19(23)13-21-8-10-22(11-9-21)26(24,25)18-7-6-15(3)12-16(18)4/h6-7,12,14,17H,8-11,13H2,1-5H3,(H,20,23)/p+1/t17-/m0/s1. The normalized spacial score (nSPS) is 18.1. The van der Waals surface area contributed by atoms with Crippen LogP contribution in [-0.2, 0) is 14.8 Å². The maximum Gasteiger partial charge on any atom is 0.275 e. The molecule has 1 amide bonds. The van der Waals surface area contributed by atoms with Crippen molar-refractivity contribution in [1.82, 2.24) is 9.62 Å². The van der Waals surface area contributed by atoms with E-state index in [1.165, 1.54) is 0 Å². The van der Waals surface area contributed by atoms with Gasteiger partial charge in [-0.05, 0) is 38.3 Å². The zero-order valence-corrected chi connectivity index (χ0v) is 17.3. The molecule has 146 valence electrons. The lowest BCUT2D eigenvalue weighted by Crippen LogP contribution is -3.15. The Morgan fingerprint density at radius 2 is 1.81 bits per heavy atom. The van der Waals surface area contributed by atoms with Gasteiger partial charge in [0.2, 0.25) is 10.0 Å².